The van der Waals surface area contributed by atoms with E-state index in [9.17, 15) is 9.50 Å². The summed E-state index contributed by atoms with van der Waals surface area (Å²) in [7, 11) is 0. The van der Waals surface area contributed by atoms with Gasteiger partial charge in [-0.2, -0.15) is 0 Å². The van der Waals surface area contributed by atoms with Crippen LogP contribution in [0.5, 0.6) is 0 Å². The van der Waals surface area contributed by atoms with Crippen molar-refractivity contribution in [3.63, 3.8) is 0 Å². The van der Waals surface area contributed by atoms with Crippen LogP contribution in [0.3, 0.4) is 0 Å². The summed E-state index contributed by atoms with van der Waals surface area (Å²) in [6.45, 7) is 2.00. The summed E-state index contributed by atoms with van der Waals surface area (Å²) in [5.74, 6) is 5.02. The minimum absolute atomic E-state index is 0.168. The van der Waals surface area contributed by atoms with Crippen molar-refractivity contribution in [2.24, 2.45) is 0 Å². The van der Waals surface area contributed by atoms with Crippen LogP contribution in [-0.2, 0) is 0 Å². The van der Waals surface area contributed by atoms with Crippen LogP contribution in [0.25, 0.3) is 5.03 Å². The lowest BCUT2D eigenvalue weighted by molar-refractivity contribution is 0.281. The van der Waals surface area contributed by atoms with Gasteiger partial charge in [-0.15, -0.1) is 5.92 Å². The summed E-state index contributed by atoms with van der Waals surface area (Å²) in [6, 6.07) is 6.14. The average molecular weight is 253 g/mol. The molecule has 0 amide bonds. The lowest BCUT2D eigenvalue weighted by Crippen LogP contribution is -1.98. The van der Waals surface area contributed by atoms with Gasteiger partial charge in [0.1, 0.15) is 11.9 Å². The first kappa shape index (κ1) is 13.8. The van der Waals surface area contributed by atoms with Crippen molar-refractivity contribution in [3.05, 3.63) is 41.7 Å². The van der Waals surface area contributed by atoms with Crippen molar-refractivity contribution >= 4 is 16.6 Å². The summed E-state index contributed by atoms with van der Waals surface area (Å²) >= 11 is 5.91. The summed E-state index contributed by atoms with van der Waals surface area (Å²) in [6.07, 6.45) is 2.03. The molecule has 0 bridgehead atoms. The van der Waals surface area contributed by atoms with Gasteiger partial charge in [0.15, 0.2) is 0 Å². The van der Waals surface area contributed by atoms with Crippen molar-refractivity contribution in [2.45, 2.75) is 25.9 Å². The maximum atomic E-state index is 13.4. The molecule has 0 fully saturated rings. The molecule has 0 saturated carbocycles. The van der Waals surface area contributed by atoms with Crippen molar-refractivity contribution < 1.29 is 9.50 Å². The highest BCUT2D eigenvalue weighted by Crippen LogP contribution is 2.22. The van der Waals surface area contributed by atoms with Gasteiger partial charge in [0.05, 0.1) is 5.03 Å². The molecule has 1 nitrogen and oxygen atoms in total. The van der Waals surface area contributed by atoms with Crippen LogP contribution in [0.4, 0.5) is 4.39 Å². The van der Waals surface area contributed by atoms with E-state index < -0.39 is 11.9 Å². The number of aliphatic hydroxyl groups excluding tert-OH is 1. The molecule has 0 aromatic heterocycles. The van der Waals surface area contributed by atoms with Crippen LogP contribution in [0.2, 0.25) is 0 Å². The molecule has 1 aromatic carbocycles. The minimum Gasteiger partial charge on any atom is -0.377 e. The fourth-order valence-electron chi connectivity index (χ4n) is 1.23. The Morgan fingerprint density at radius 1 is 1.53 bits per heavy atom. The maximum Gasteiger partial charge on any atom is 0.135 e. The van der Waals surface area contributed by atoms with Gasteiger partial charge in [-0.05, 0) is 18.6 Å². The monoisotopic (exact) mass is 252 g/mol. The topological polar surface area (TPSA) is 20.2 Å². The number of rotatable bonds is 3. The average Bonchev–Trinajstić information content (AvgIpc) is 2.29. The number of aliphatic hydroxyl groups is 1. The largest absolute Gasteiger partial charge is 0.377 e. The molecule has 0 aliphatic carbocycles. The van der Waals surface area contributed by atoms with E-state index in [1.165, 1.54) is 12.1 Å². The zero-order valence-corrected chi connectivity index (χ0v) is 10.3. The number of unbranched alkanes of at least 4 members (excludes halogenated alkanes) is 1. The van der Waals surface area contributed by atoms with Crippen LogP contribution < -0.4 is 0 Å². The van der Waals surface area contributed by atoms with Gasteiger partial charge in [-0.1, -0.05) is 42.6 Å². The Kier molecular flexibility index (Phi) is 5.76. The highest BCUT2D eigenvalue weighted by atomic mass is 35.5. The third-order valence-corrected chi connectivity index (χ3v) is 2.39. The van der Waals surface area contributed by atoms with Gasteiger partial charge < -0.3 is 5.11 Å². The molecule has 0 saturated heterocycles. The summed E-state index contributed by atoms with van der Waals surface area (Å²) in [5, 5.41) is 9.71. The van der Waals surface area contributed by atoms with Crippen molar-refractivity contribution in [1.29, 1.82) is 0 Å². The van der Waals surface area contributed by atoms with Gasteiger partial charge in [0.25, 0.3) is 0 Å². The molecule has 0 spiro atoms. The normalized spacial score (nSPS) is 12.8. The van der Waals surface area contributed by atoms with Crippen LogP contribution in [-0.4, -0.2) is 11.2 Å². The van der Waals surface area contributed by atoms with Gasteiger partial charge in [-0.3, -0.25) is 0 Å². The van der Waals surface area contributed by atoms with E-state index in [1.54, 1.807) is 18.2 Å². The predicted octanol–water partition coefficient (Wildman–Crippen LogP) is 3.57. The second-order valence-electron chi connectivity index (χ2n) is 3.51. The number of benzene rings is 1. The molecular weight excluding hydrogens is 239 g/mol. The van der Waals surface area contributed by atoms with E-state index in [1.807, 2.05) is 6.92 Å². The molecule has 17 heavy (non-hydrogen) atoms. The van der Waals surface area contributed by atoms with Gasteiger partial charge in [0, 0.05) is 12.0 Å². The zero-order valence-electron chi connectivity index (χ0n) is 9.58. The predicted molar refractivity (Wildman–Crippen MR) is 68.9 cm³/mol. The highest BCUT2D eigenvalue weighted by molar-refractivity contribution is 6.48. The lowest BCUT2D eigenvalue weighted by atomic mass is 10.1. The fraction of sp³-hybridized carbons (Fsp3) is 0.286. The van der Waals surface area contributed by atoms with Crippen LogP contribution in [0, 0.1) is 17.7 Å². The Labute approximate surface area is 106 Å². The smallest absolute Gasteiger partial charge is 0.135 e. The van der Waals surface area contributed by atoms with E-state index in [4.69, 9.17) is 11.6 Å². The van der Waals surface area contributed by atoms with E-state index in [-0.39, 0.29) is 10.6 Å². The Morgan fingerprint density at radius 3 is 2.88 bits per heavy atom. The molecule has 1 unspecified atom stereocenters. The summed E-state index contributed by atoms with van der Waals surface area (Å²) < 4.78 is 13.4. The fourth-order valence-corrected chi connectivity index (χ4v) is 1.50. The lowest BCUT2D eigenvalue weighted by Gasteiger charge is -2.02. The molecule has 90 valence electrons. The SMILES string of the molecule is CCCC#CC(O)/C=C(\Cl)c1ccccc1F. The maximum absolute atomic E-state index is 13.4. The molecule has 0 aliphatic heterocycles. The third kappa shape index (κ3) is 4.60. The van der Waals surface area contributed by atoms with Crippen LogP contribution in [0.15, 0.2) is 30.3 Å². The minimum atomic E-state index is -0.964. The molecule has 0 radical (unpaired) electrons. The summed E-state index contributed by atoms with van der Waals surface area (Å²) in [4.78, 5) is 0. The standard InChI is InChI=1S/C14H14ClFO/c1-2-3-4-7-11(17)10-13(15)12-8-5-6-9-14(12)16/h5-6,8-11,17H,2-3H2,1H3/b13-10-. The molecule has 3 heteroatoms. The number of hydrogen-bond donors (Lipinski definition) is 1. The van der Waals surface area contributed by atoms with Crippen molar-refractivity contribution in [2.75, 3.05) is 0 Å². The molecule has 1 aromatic rings. The van der Waals surface area contributed by atoms with Gasteiger partial charge in [-0.25, -0.2) is 4.39 Å². The molecule has 0 aliphatic rings. The quantitative estimate of drug-likeness (QED) is 0.816. The van der Waals surface area contributed by atoms with Crippen LogP contribution in [0.1, 0.15) is 25.3 Å². The van der Waals surface area contributed by atoms with Gasteiger partial charge >= 0.3 is 0 Å². The first-order valence-corrected chi connectivity index (χ1v) is 5.81. The summed E-state index contributed by atoms with van der Waals surface area (Å²) in [5.41, 5.74) is 0.269. The third-order valence-electron chi connectivity index (χ3n) is 2.06. The van der Waals surface area contributed by atoms with Gasteiger partial charge in [0.2, 0.25) is 0 Å². The molecule has 1 rings (SSSR count). The number of hydrogen-bond acceptors (Lipinski definition) is 1. The number of halogens is 2. The highest BCUT2D eigenvalue weighted by Gasteiger charge is 2.05. The Balaban J connectivity index is 2.80. The molecule has 1 atom stereocenters. The van der Waals surface area contributed by atoms with Crippen molar-refractivity contribution in [3.8, 4) is 11.8 Å². The van der Waals surface area contributed by atoms with E-state index >= 15 is 0 Å². The Bertz CT molecular complexity index is 457. The second kappa shape index (κ2) is 7.11. The molecule has 1 N–H and O–H groups in total. The first-order chi connectivity index (χ1) is 8.15. The van der Waals surface area contributed by atoms with E-state index in [0.29, 0.717) is 0 Å². The molecular formula is C14H14ClFO. The van der Waals surface area contributed by atoms with Crippen LogP contribution >= 0.6 is 11.6 Å². The first-order valence-electron chi connectivity index (χ1n) is 5.43. The Morgan fingerprint density at radius 2 is 2.24 bits per heavy atom. The second-order valence-corrected chi connectivity index (χ2v) is 3.92. The Hall–Kier alpha value is -1.30. The van der Waals surface area contributed by atoms with E-state index in [2.05, 4.69) is 11.8 Å². The zero-order chi connectivity index (χ0) is 12.7. The molecule has 0 heterocycles. The van der Waals surface area contributed by atoms with Crippen molar-refractivity contribution in [1.82, 2.24) is 0 Å². The van der Waals surface area contributed by atoms with E-state index in [0.717, 1.165) is 12.8 Å².